The molecule has 0 aromatic carbocycles. The van der Waals surface area contributed by atoms with Crippen LogP contribution >= 0.6 is 0 Å². The Labute approximate surface area is 102 Å². The summed E-state index contributed by atoms with van der Waals surface area (Å²) < 4.78 is 0. The van der Waals surface area contributed by atoms with Gasteiger partial charge in [-0.25, -0.2) is 4.79 Å². The first-order valence-corrected chi connectivity index (χ1v) is 6.27. The fourth-order valence-corrected chi connectivity index (χ4v) is 2.38. The predicted octanol–water partition coefficient (Wildman–Crippen LogP) is 1.68. The van der Waals surface area contributed by atoms with Crippen LogP contribution in [0.15, 0.2) is 0 Å². The van der Waals surface area contributed by atoms with Crippen LogP contribution in [-0.2, 0) is 4.79 Å². The molecule has 0 aromatic heterocycles. The molecule has 17 heavy (non-hydrogen) atoms. The van der Waals surface area contributed by atoms with E-state index in [-0.39, 0.29) is 18.6 Å². The molecule has 1 fully saturated rings. The molecule has 0 unspecified atom stereocenters. The van der Waals surface area contributed by atoms with Gasteiger partial charge in [-0.05, 0) is 31.6 Å². The smallest absolute Gasteiger partial charge is 0.323 e. The highest BCUT2D eigenvalue weighted by atomic mass is 16.4. The highest BCUT2D eigenvalue weighted by Gasteiger charge is 2.25. The third kappa shape index (κ3) is 4.24. The van der Waals surface area contributed by atoms with E-state index in [9.17, 15) is 9.59 Å². The van der Waals surface area contributed by atoms with E-state index in [0.717, 1.165) is 31.6 Å². The summed E-state index contributed by atoms with van der Waals surface area (Å²) in [6.45, 7) is 1.89. The monoisotopic (exact) mass is 242 g/mol. The minimum absolute atomic E-state index is 0.256. The number of nitrogens with zero attached hydrogens (tertiary/aromatic N) is 1. The highest BCUT2D eigenvalue weighted by Crippen LogP contribution is 2.28. The molecule has 2 N–H and O–H groups in total. The molecular formula is C12H22N2O3. The second kappa shape index (κ2) is 6.47. The fourth-order valence-electron chi connectivity index (χ4n) is 2.38. The topological polar surface area (TPSA) is 69.6 Å². The van der Waals surface area contributed by atoms with Gasteiger partial charge in [0.2, 0.25) is 0 Å². The van der Waals surface area contributed by atoms with Gasteiger partial charge in [0.05, 0.1) is 0 Å². The van der Waals surface area contributed by atoms with E-state index in [0.29, 0.717) is 0 Å². The molecule has 1 aliphatic carbocycles. The molecule has 2 amide bonds. The Balaban J connectivity index is 2.34. The van der Waals surface area contributed by atoms with Crippen LogP contribution in [0.5, 0.6) is 0 Å². The van der Waals surface area contributed by atoms with E-state index in [1.54, 1.807) is 11.9 Å². The van der Waals surface area contributed by atoms with Crippen molar-refractivity contribution in [3.63, 3.8) is 0 Å². The first-order chi connectivity index (χ1) is 8.04. The summed E-state index contributed by atoms with van der Waals surface area (Å²) in [6, 6.07) is -0.0288. The maximum absolute atomic E-state index is 11.6. The summed E-state index contributed by atoms with van der Waals surface area (Å²) in [7, 11) is 1.74. The number of urea groups is 1. The summed E-state index contributed by atoms with van der Waals surface area (Å²) in [5.74, 6) is -0.219. The van der Waals surface area contributed by atoms with Crippen molar-refractivity contribution in [2.24, 2.45) is 5.92 Å². The Kier molecular flexibility index (Phi) is 5.25. The number of nitrogens with one attached hydrogen (secondary N) is 1. The van der Waals surface area contributed by atoms with Crippen LogP contribution in [-0.4, -0.2) is 41.6 Å². The summed E-state index contributed by atoms with van der Waals surface area (Å²) in [6.07, 6.45) is 5.59. The number of carbonyl (C=O) groups excluding carboxylic acids is 1. The minimum atomic E-state index is -1.01. The minimum Gasteiger partial charge on any atom is -0.480 e. The third-order valence-electron chi connectivity index (χ3n) is 3.65. The van der Waals surface area contributed by atoms with Gasteiger partial charge >= 0.3 is 12.0 Å². The number of hydrogen-bond donors (Lipinski definition) is 2. The molecule has 0 atom stereocenters. The molecule has 1 aliphatic rings. The van der Waals surface area contributed by atoms with Crippen LogP contribution in [0.1, 0.15) is 39.0 Å². The van der Waals surface area contributed by atoms with Gasteiger partial charge in [-0.2, -0.15) is 0 Å². The molecule has 0 saturated heterocycles. The summed E-state index contributed by atoms with van der Waals surface area (Å²) in [5, 5.41) is 10.9. The van der Waals surface area contributed by atoms with Gasteiger partial charge in [0, 0.05) is 13.1 Å². The first-order valence-electron chi connectivity index (χ1n) is 6.27. The molecule has 1 saturated carbocycles. The zero-order valence-electron chi connectivity index (χ0n) is 10.6. The van der Waals surface area contributed by atoms with Crippen molar-refractivity contribution >= 4 is 12.0 Å². The van der Waals surface area contributed by atoms with Gasteiger partial charge in [-0.3, -0.25) is 4.79 Å². The second-order valence-electron chi connectivity index (χ2n) is 4.75. The second-order valence-corrected chi connectivity index (χ2v) is 4.75. The number of carboxylic acids is 1. The average molecular weight is 242 g/mol. The van der Waals surface area contributed by atoms with Crippen molar-refractivity contribution in [1.82, 2.24) is 10.2 Å². The van der Waals surface area contributed by atoms with Gasteiger partial charge in [0.15, 0.2) is 0 Å². The normalized spacial score (nSPS) is 24.1. The largest absolute Gasteiger partial charge is 0.480 e. The lowest BCUT2D eigenvalue weighted by Crippen LogP contribution is -2.46. The Morgan fingerprint density at radius 3 is 2.35 bits per heavy atom. The number of aliphatic carboxylic acids is 1. The van der Waals surface area contributed by atoms with Crippen LogP contribution in [0.4, 0.5) is 4.79 Å². The Bertz CT molecular complexity index is 273. The lowest BCUT2D eigenvalue weighted by atomic mass is 9.84. The van der Waals surface area contributed by atoms with E-state index in [2.05, 4.69) is 12.2 Å². The van der Waals surface area contributed by atoms with Crippen molar-refractivity contribution in [3.05, 3.63) is 0 Å². The zero-order valence-corrected chi connectivity index (χ0v) is 10.6. The lowest BCUT2D eigenvalue weighted by molar-refractivity contribution is -0.135. The molecule has 0 heterocycles. The van der Waals surface area contributed by atoms with Crippen molar-refractivity contribution in [2.45, 2.75) is 45.1 Å². The van der Waals surface area contributed by atoms with Gasteiger partial charge in [-0.1, -0.05) is 13.3 Å². The molecular weight excluding hydrogens is 220 g/mol. The van der Waals surface area contributed by atoms with Crippen molar-refractivity contribution < 1.29 is 14.7 Å². The van der Waals surface area contributed by atoms with E-state index in [1.807, 2.05) is 0 Å². The molecule has 0 aliphatic heterocycles. The van der Waals surface area contributed by atoms with Crippen LogP contribution < -0.4 is 5.32 Å². The number of amides is 2. The first kappa shape index (κ1) is 13.8. The molecule has 0 radical (unpaired) electrons. The van der Waals surface area contributed by atoms with Crippen molar-refractivity contribution in [3.8, 4) is 0 Å². The van der Waals surface area contributed by atoms with Gasteiger partial charge in [0.1, 0.15) is 6.54 Å². The number of carboxylic acid groups (broad SMARTS) is 1. The molecule has 5 heteroatoms. The molecule has 5 nitrogen and oxygen atoms in total. The SMILES string of the molecule is CCC1CCC(N(C)C(=O)NCC(=O)O)CC1. The van der Waals surface area contributed by atoms with Gasteiger partial charge in [-0.15, -0.1) is 0 Å². The van der Waals surface area contributed by atoms with Crippen LogP contribution in [0.3, 0.4) is 0 Å². The molecule has 1 rings (SSSR count). The van der Waals surface area contributed by atoms with Crippen molar-refractivity contribution in [1.29, 1.82) is 0 Å². The molecule has 0 aromatic rings. The van der Waals surface area contributed by atoms with Gasteiger partial charge in [0.25, 0.3) is 0 Å². The Morgan fingerprint density at radius 1 is 1.29 bits per heavy atom. The number of hydrogen-bond acceptors (Lipinski definition) is 2. The highest BCUT2D eigenvalue weighted by molar-refractivity contribution is 5.79. The molecule has 98 valence electrons. The van der Waals surface area contributed by atoms with E-state index < -0.39 is 5.97 Å². The van der Waals surface area contributed by atoms with Gasteiger partial charge < -0.3 is 15.3 Å². The number of carbonyl (C=O) groups is 2. The summed E-state index contributed by atoms with van der Waals surface area (Å²) >= 11 is 0. The lowest BCUT2D eigenvalue weighted by Gasteiger charge is -2.34. The standard InChI is InChI=1S/C12H22N2O3/c1-3-9-4-6-10(7-5-9)14(2)12(17)13-8-11(15)16/h9-10H,3-8H2,1-2H3,(H,13,17)(H,15,16). The molecule has 0 spiro atoms. The van der Waals surface area contributed by atoms with Crippen molar-refractivity contribution in [2.75, 3.05) is 13.6 Å². The van der Waals surface area contributed by atoms with Crippen LogP contribution in [0, 0.1) is 5.92 Å². The Morgan fingerprint density at radius 2 is 1.88 bits per heavy atom. The maximum atomic E-state index is 11.6. The fraction of sp³-hybridized carbons (Fsp3) is 0.833. The summed E-state index contributed by atoms with van der Waals surface area (Å²) in [5.41, 5.74) is 0. The average Bonchev–Trinajstić information content (AvgIpc) is 2.35. The van der Waals surface area contributed by atoms with E-state index in [1.165, 1.54) is 6.42 Å². The number of rotatable bonds is 4. The van der Waals surface area contributed by atoms with Crippen LogP contribution in [0.25, 0.3) is 0 Å². The molecule has 0 bridgehead atoms. The van der Waals surface area contributed by atoms with E-state index >= 15 is 0 Å². The quantitative estimate of drug-likeness (QED) is 0.788. The maximum Gasteiger partial charge on any atom is 0.323 e. The zero-order chi connectivity index (χ0) is 12.8. The predicted molar refractivity (Wildman–Crippen MR) is 64.8 cm³/mol. The third-order valence-corrected chi connectivity index (χ3v) is 3.65. The Hall–Kier alpha value is -1.26. The van der Waals surface area contributed by atoms with Crippen LogP contribution in [0.2, 0.25) is 0 Å². The summed E-state index contributed by atoms with van der Waals surface area (Å²) in [4.78, 5) is 23.6. The van der Waals surface area contributed by atoms with E-state index in [4.69, 9.17) is 5.11 Å².